The van der Waals surface area contributed by atoms with Crippen molar-refractivity contribution in [1.29, 1.82) is 0 Å². The lowest BCUT2D eigenvalue weighted by Crippen LogP contribution is -2.08. The van der Waals surface area contributed by atoms with Gasteiger partial charge in [-0.1, -0.05) is 17.3 Å². The van der Waals surface area contributed by atoms with E-state index in [9.17, 15) is 4.79 Å². The summed E-state index contributed by atoms with van der Waals surface area (Å²) in [5.74, 6) is -1.05. The van der Waals surface area contributed by atoms with Crippen molar-refractivity contribution in [3.8, 4) is 5.69 Å². The number of aryl methyl sites for hydroxylation is 1. The highest BCUT2D eigenvalue weighted by Crippen LogP contribution is 2.26. The van der Waals surface area contributed by atoms with Crippen LogP contribution in [0.3, 0.4) is 0 Å². The van der Waals surface area contributed by atoms with Crippen LogP contribution in [0.1, 0.15) is 34.5 Å². The van der Waals surface area contributed by atoms with Crippen molar-refractivity contribution in [2.45, 2.75) is 25.7 Å². The molecule has 92 valence electrons. The van der Waals surface area contributed by atoms with Crippen molar-refractivity contribution in [1.82, 2.24) is 15.0 Å². The molecular weight excluding hydrogens is 230 g/mol. The standard InChI is InChI=1S/C13H13N3O2/c17-13(18)11-8-16(15-14-11)12-7-3-5-9-4-1-2-6-10(9)12/h3,5,7-8H,1-2,4,6H2,(H,17,18). The van der Waals surface area contributed by atoms with E-state index in [0.29, 0.717) is 0 Å². The minimum absolute atomic E-state index is 0.0246. The Morgan fingerprint density at radius 2 is 2.11 bits per heavy atom. The van der Waals surface area contributed by atoms with Gasteiger partial charge in [-0.3, -0.25) is 0 Å². The van der Waals surface area contributed by atoms with E-state index >= 15 is 0 Å². The zero-order valence-electron chi connectivity index (χ0n) is 9.83. The van der Waals surface area contributed by atoms with Crippen molar-refractivity contribution in [3.63, 3.8) is 0 Å². The summed E-state index contributed by atoms with van der Waals surface area (Å²) < 4.78 is 1.56. The third-order valence-corrected chi connectivity index (χ3v) is 3.33. The predicted octanol–water partition coefficient (Wildman–Crippen LogP) is 1.84. The molecule has 0 unspecified atom stereocenters. The summed E-state index contributed by atoms with van der Waals surface area (Å²) in [5.41, 5.74) is 3.53. The third-order valence-electron chi connectivity index (χ3n) is 3.33. The van der Waals surface area contributed by atoms with Crippen molar-refractivity contribution in [2.75, 3.05) is 0 Å². The average Bonchev–Trinajstić information content (AvgIpc) is 2.87. The molecule has 0 spiro atoms. The van der Waals surface area contributed by atoms with Gasteiger partial charge in [0.25, 0.3) is 0 Å². The molecule has 1 N–H and O–H groups in total. The molecule has 1 aliphatic rings. The van der Waals surface area contributed by atoms with Gasteiger partial charge in [0, 0.05) is 0 Å². The maximum Gasteiger partial charge on any atom is 0.358 e. The Balaban J connectivity index is 2.08. The highest BCUT2D eigenvalue weighted by atomic mass is 16.4. The van der Waals surface area contributed by atoms with Crippen molar-refractivity contribution < 1.29 is 9.90 Å². The molecule has 0 radical (unpaired) electrons. The molecule has 0 saturated carbocycles. The average molecular weight is 243 g/mol. The predicted molar refractivity (Wildman–Crippen MR) is 65.0 cm³/mol. The van der Waals surface area contributed by atoms with Gasteiger partial charge in [0.2, 0.25) is 0 Å². The van der Waals surface area contributed by atoms with Crippen LogP contribution >= 0.6 is 0 Å². The summed E-state index contributed by atoms with van der Waals surface area (Å²) in [7, 11) is 0. The van der Waals surface area contributed by atoms with E-state index in [1.54, 1.807) is 4.68 Å². The van der Waals surface area contributed by atoms with Crippen LogP contribution in [-0.4, -0.2) is 26.1 Å². The fourth-order valence-electron chi connectivity index (χ4n) is 2.46. The Hall–Kier alpha value is -2.17. The molecule has 0 bridgehead atoms. The smallest absolute Gasteiger partial charge is 0.358 e. The van der Waals surface area contributed by atoms with Gasteiger partial charge in [-0.25, -0.2) is 9.48 Å². The van der Waals surface area contributed by atoms with Gasteiger partial charge in [-0.05, 0) is 42.9 Å². The molecule has 0 aliphatic heterocycles. The summed E-state index contributed by atoms with van der Waals surface area (Å²) in [6.07, 6.45) is 5.96. The Morgan fingerprint density at radius 3 is 2.89 bits per heavy atom. The normalized spacial score (nSPS) is 14.2. The van der Waals surface area contributed by atoms with Gasteiger partial charge >= 0.3 is 5.97 Å². The van der Waals surface area contributed by atoms with Gasteiger partial charge in [0.15, 0.2) is 5.69 Å². The minimum atomic E-state index is -1.05. The molecule has 1 aromatic heterocycles. The lowest BCUT2D eigenvalue weighted by Gasteiger charge is -2.18. The number of hydrogen-bond acceptors (Lipinski definition) is 3. The fourth-order valence-corrected chi connectivity index (χ4v) is 2.46. The van der Waals surface area contributed by atoms with E-state index in [0.717, 1.165) is 18.5 Å². The maximum absolute atomic E-state index is 10.8. The van der Waals surface area contributed by atoms with Crippen LogP contribution < -0.4 is 0 Å². The molecule has 1 aromatic carbocycles. The Morgan fingerprint density at radius 1 is 1.28 bits per heavy atom. The minimum Gasteiger partial charge on any atom is -0.476 e. The zero-order valence-corrected chi connectivity index (χ0v) is 9.83. The molecule has 2 aromatic rings. The van der Waals surface area contributed by atoms with Gasteiger partial charge < -0.3 is 5.11 Å². The first-order valence-corrected chi connectivity index (χ1v) is 6.02. The molecule has 0 fully saturated rings. The molecule has 1 heterocycles. The SMILES string of the molecule is O=C(O)c1cn(-c2cccc3c2CCCC3)nn1. The first kappa shape index (κ1) is 11.0. The molecule has 0 amide bonds. The molecular formula is C13H13N3O2. The number of rotatable bonds is 2. The van der Waals surface area contributed by atoms with E-state index in [2.05, 4.69) is 16.4 Å². The second-order valence-electron chi connectivity index (χ2n) is 4.48. The van der Waals surface area contributed by atoms with Gasteiger partial charge in [0.1, 0.15) is 0 Å². The van der Waals surface area contributed by atoms with Gasteiger partial charge in [-0.2, -0.15) is 0 Å². The molecule has 0 saturated heterocycles. The largest absolute Gasteiger partial charge is 0.476 e. The quantitative estimate of drug-likeness (QED) is 0.873. The molecule has 5 nitrogen and oxygen atoms in total. The highest BCUT2D eigenvalue weighted by molar-refractivity contribution is 5.84. The topological polar surface area (TPSA) is 68.0 Å². The number of carbonyl (C=O) groups is 1. The van der Waals surface area contributed by atoms with E-state index in [-0.39, 0.29) is 5.69 Å². The molecule has 3 rings (SSSR count). The van der Waals surface area contributed by atoms with E-state index < -0.39 is 5.97 Å². The van der Waals surface area contributed by atoms with Crippen molar-refractivity contribution in [2.24, 2.45) is 0 Å². The van der Waals surface area contributed by atoms with Crippen LogP contribution in [0.15, 0.2) is 24.4 Å². The maximum atomic E-state index is 10.8. The summed E-state index contributed by atoms with van der Waals surface area (Å²) in [6, 6.07) is 6.08. The monoisotopic (exact) mass is 243 g/mol. The van der Waals surface area contributed by atoms with Crippen LogP contribution in [0, 0.1) is 0 Å². The zero-order chi connectivity index (χ0) is 12.5. The van der Waals surface area contributed by atoms with Gasteiger partial charge in [-0.15, -0.1) is 5.10 Å². The van der Waals surface area contributed by atoms with E-state index in [4.69, 9.17) is 5.11 Å². The summed E-state index contributed by atoms with van der Waals surface area (Å²) >= 11 is 0. The second-order valence-corrected chi connectivity index (χ2v) is 4.48. The van der Waals surface area contributed by atoms with Crippen LogP contribution in [-0.2, 0) is 12.8 Å². The Labute approximate surface area is 104 Å². The number of aromatic carboxylic acids is 1. The number of benzene rings is 1. The Bertz CT molecular complexity index is 604. The summed E-state index contributed by atoms with van der Waals surface area (Å²) in [4.78, 5) is 10.8. The second kappa shape index (κ2) is 4.25. The number of carboxylic acids is 1. The van der Waals surface area contributed by atoms with Crippen LogP contribution in [0.2, 0.25) is 0 Å². The van der Waals surface area contributed by atoms with Crippen molar-refractivity contribution >= 4 is 5.97 Å². The molecule has 0 atom stereocenters. The third kappa shape index (κ3) is 1.77. The highest BCUT2D eigenvalue weighted by Gasteiger charge is 2.16. The number of aromatic nitrogens is 3. The lowest BCUT2D eigenvalue weighted by molar-refractivity contribution is 0.0690. The van der Waals surface area contributed by atoms with Crippen LogP contribution in [0.5, 0.6) is 0 Å². The number of nitrogens with zero attached hydrogens (tertiary/aromatic N) is 3. The van der Waals surface area contributed by atoms with E-state index in [1.165, 1.54) is 30.2 Å². The Kier molecular flexibility index (Phi) is 2.59. The van der Waals surface area contributed by atoms with Crippen LogP contribution in [0.25, 0.3) is 5.69 Å². The molecule has 18 heavy (non-hydrogen) atoms. The first-order valence-electron chi connectivity index (χ1n) is 6.02. The summed E-state index contributed by atoms with van der Waals surface area (Å²) in [6.45, 7) is 0. The molecule has 5 heteroatoms. The van der Waals surface area contributed by atoms with Crippen molar-refractivity contribution in [3.05, 3.63) is 41.2 Å². The van der Waals surface area contributed by atoms with Crippen LogP contribution in [0.4, 0.5) is 0 Å². The van der Waals surface area contributed by atoms with E-state index in [1.807, 2.05) is 12.1 Å². The van der Waals surface area contributed by atoms with Gasteiger partial charge in [0.05, 0.1) is 11.9 Å². The summed E-state index contributed by atoms with van der Waals surface area (Å²) in [5, 5.41) is 16.4. The first-order chi connectivity index (χ1) is 8.75. The fraction of sp³-hybridized carbons (Fsp3) is 0.308. The molecule has 1 aliphatic carbocycles. The number of hydrogen-bond donors (Lipinski definition) is 1. The lowest BCUT2D eigenvalue weighted by atomic mass is 9.90. The number of fused-ring (bicyclic) bond motifs is 1. The number of carboxylic acid groups (broad SMARTS) is 1.